The highest BCUT2D eigenvalue weighted by Crippen LogP contribution is 2.15. The van der Waals surface area contributed by atoms with E-state index in [0.29, 0.717) is 11.4 Å². The molecule has 8 heteroatoms. The van der Waals surface area contributed by atoms with Crippen LogP contribution in [0, 0.1) is 6.92 Å². The summed E-state index contributed by atoms with van der Waals surface area (Å²) in [5.41, 5.74) is 4.75. The summed E-state index contributed by atoms with van der Waals surface area (Å²) in [6, 6.07) is 7.79. The Kier molecular flexibility index (Phi) is 4.92. The van der Waals surface area contributed by atoms with Gasteiger partial charge in [0.05, 0.1) is 22.8 Å². The summed E-state index contributed by atoms with van der Waals surface area (Å²) in [5.74, 6) is 0.137. The Morgan fingerprint density at radius 2 is 1.80 bits per heavy atom. The van der Waals surface area contributed by atoms with Crippen molar-refractivity contribution < 1.29 is 4.79 Å². The van der Waals surface area contributed by atoms with Crippen molar-refractivity contribution in [1.29, 1.82) is 0 Å². The molecule has 1 fully saturated rings. The van der Waals surface area contributed by atoms with E-state index in [2.05, 4.69) is 14.9 Å². The molecule has 0 aliphatic carbocycles. The van der Waals surface area contributed by atoms with E-state index < -0.39 is 0 Å². The van der Waals surface area contributed by atoms with Crippen molar-refractivity contribution in [2.45, 2.75) is 19.9 Å². The molecule has 154 valence electrons. The number of rotatable bonds is 4. The van der Waals surface area contributed by atoms with Crippen LogP contribution in [-0.2, 0) is 17.8 Å². The third-order valence-corrected chi connectivity index (χ3v) is 5.86. The van der Waals surface area contributed by atoms with Gasteiger partial charge in [-0.1, -0.05) is 17.7 Å². The maximum Gasteiger partial charge on any atom is 0.228 e. The zero-order chi connectivity index (χ0) is 20.7. The molecular formula is C22H23ClN6O. The first-order valence-electron chi connectivity index (χ1n) is 10.1. The summed E-state index contributed by atoms with van der Waals surface area (Å²) >= 11 is 6.05. The summed E-state index contributed by atoms with van der Waals surface area (Å²) in [4.78, 5) is 26.3. The van der Waals surface area contributed by atoms with Crippen LogP contribution in [-0.4, -0.2) is 60.7 Å². The highest BCUT2D eigenvalue weighted by molar-refractivity contribution is 6.30. The van der Waals surface area contributed by atoms with Gasteiger partial charge in [-0.15, -0.1) is 0 Å². The fraction of sp³-hybridized carbons (Fsp3) is 0.318. The molecule has 5 rings (SSSR count). The summed E-state index contributed by atoms with van der Waals surface area (Å²) in [6.45, 7) is 5.93. The first kappa shape index (κ1) is 19.1. The molecule has 4 aromatic rings. The Hall–Kier alpha value is -2.90. The molecule has 5 heterocycles. The van der Waals surface area contributed by atoms with Crippen LogP contribution in [0.5, 0.6) is 0 Å². The van der Waals surface area contributed by atoms with Crippen molar-refractivity contribution in [2.75, 3.05) is 26.2 Å². The predicted molar refractivity (Wildman–Crippen MR) is 116 cm³/mol. The Morgan fingerprint density at radius 1 is 1.00 bits per heavy atom. The lowest BCUT2D eigenvalue weighted by atomic mass is 10.2. The number of pyridine rings is 2. The minimum atomic E-state index is 0.137. The van der Waals surface area contributed by atoms with E-state index in [9.17, 15) is 4.79 Å². The lowest BCUT2D eigenvalue weighted by molar-refractivity contribution is -0.132. The highest BCUT2D eigenvalue weighted by Gasteiger charge is 2.22. The van der Waals surface area contributed by atoms with Crippen molar-refractivity contribution in [3.05, 3.63) is 71.0 Å². The van der Waals surface area contributed by atoms with Crippen LogP contribution in [0.4, 0.5) is 0 Å². The summed E-state index contributed by atoms with van der Waals surface area (Å²) < 4.78 is 3.94. The maximum absolute atomic E-state index is 12.8. The average molecular weight is 423 g/mol. The van der Waals surface area contributed by atoms with E-state index in [1.807, 2.05) is 69.7 Å². The summed E-state index contributed by atoms with van der Waals surface area (Å²) in [5, 5.41) is 0.694. The molecule has 1 saturated heterocycles. The van der Waals surface area contributed by atoms with Crippen LogP contribution in [0.1, 0.15) is 17.0 Å². The number of piperazine rings is 1. The van der Waals surface area contributed by atoms with Crippen molar-refractivity contribution in [2.24, 2.45) is 0 Å². The lowest BCUT2D eigenvalue weighted by Gasteiger charge is -2.34. The monoisotopic (exact) mass is 422 g/mol. The van der Waals surface area contributed by atoms with Crippen LogP contribution in [0.25, 0.3) is 11.3 Å². The van der Waals surface area contributed by atoms with Gasteiger partial charge in [0.15, 0.2) is 0 Å². The van der Waals surface area contributed by atoms with Gasteiger partial charge in [-0.2, -0.15) is 0 Å². The van der Waals surface area contributed by atoms with E-state index in [0.717, 1.165) is 61.0 Å². The number of fused-ring (bicyclic) bond motifs is 2. The fourth-order valence-corrected chi connectivity index (χ4v) is 4.20. The molecule has 0 atom stereocenters. The molecule has 1 aliphatic heterocycles. The maximum atomic E-state index is 12.8. The molecule has 0 spiro atoms. The van der Waals surface area contributed by atoms with Gasteiger partial charge in [-0.3, -0.25) is 9.69 Å². The number of aromatic nitrogens is 4. The zero-order valence-corrected chi connectivity index (χ0v) is 17.6. The van der Waals surface area contributed by atoms with E-state index >= 15 is 0 Å². The van der Waals surface area contributed by atoms with Gasteiger partial charge >= 0.3 is 0 Å². The Balaban J connectivity index is 1.18. The molecule has 4 aromatic heterocycles. The quantitative estimate of drug-likeness (QED) is 0.507. The highest BCUT2D eigenvalue weighted by atomic mass is 35.5. The van der Waals surface area contributed by atoms with Gasteiger partial charge in [0.1, 0.15) is 11.3 Å². The van der Waals surface area contributed by atoms with Crippen molar-refractivity contribution in [3.8, 4) is 0 Å². The third-order valence-electron chi connectivity index (χ3n) is 5.64. The molecule has 1 amide bonds. The molecule has 0 saturated carbocycles. The topological polar surface area (TPSA) is 58.2 Å². The number of carbonyl (C=O) groups excluding carboxylic acids is 1. The Morgan fingerprint density at radius 3 is 2.60 bits per heavy atom. The van der Waals surface area contributed by atoms with Gasteiger partial charge in [-0.05, 0) is 30.7 Å². The van der Waals surface area contributed by atoms with E-state index in [4.69, 9.17) is 11.6 Å². The zero-order valence-electron chi connectivity index (χ0n) is 16.8. The Labute approximate surface area is 179 Å². The first-order valence-corrected chi connectivity index (χ1v) is 10.5. The molecule has 30 heavy (non-hydrogen) atoms. The number of aryl methyl sites for hydroxylation is 1. The normalized spacial score (nSPS) is 15.3. The number of hydrogen-bond acceptors (Lipinski definition) is 4. The predicted octanol–water partition coefficient (Wildman–Crippen LogP) is 2.83. The molecule has 0 radical (unpaired) electrons. The van der Waals surface area contributed by atoms with Crippen molar-refractivity contribution in [3.63, 3.8) is 0 Å². The van der Waals surface area contributed by atoms with Crippen LogP contribution in [0.3, 0.4) is 0 Å². The minimum Gasteiger partial charge on any atom is -0.340 e. The van der Waals surface area contributed by atoms with Gasteiger partial charge in [0.2, 0.25) is 5.91 Å². The van der Waals surface area contributed by atoms with Gasteiger partial charge in [0, 0.05) is 57.5 Å². The minimum absolute atomic E-state index is 0.137. The van der Waals surface area contributed by atoms with E-state index in [1.165, 1.54) is 0 Å². The molecule has 0 N–H and O–H groups in total. The average Bonchev–Trinajstić information content (AvgIpc) is 3.32. The Bertz CT molecular complexity index is 1220. The van der Waals surface area contributed by atoms with E-state index in [-0.39, 0.29) is 5.91 Å². The molecule has 7 nitrogen and oxygen atoms in total. The van der Waals surface area contributed by atoms with Crippen molar-refractivity contribution in [1.82, 2.24) is 28.6 Å². The number of halogens is 1. The summed E-state index contributed by atoms with van der Waals surface area (Å²) in [7, 11) is 0. The molecule has 0 aromatic carbocycles. The SMILES string of the molecule is Cc1cccn2cc(CC(=O)N3CCN(Cc4cn5cc(Cl)ccc5n4)CC3)nc12. The van der Waals surface area contributed by atoms with Crippen LogP contribution in [0.2, 0.25) is 5.02 Å². The second-order valence-electron chi connectivity index (χ2n) is 7.83. The van der Waals surface area contributed by atoms with Gasteiger partial charge < -0.3 is 13.7 Å². The number of nitrogens with zero attached hydrogens (tertiary/aromatic N) is 6. The third kappa shape index (κ3) is 3.78. The number of hydrogen-bond donors (Lipinski definition) is 0. The second kappa shape index (κ2) is 7.74. The first-order chi connectivity index (χ1) is 14.5. The fourth-order valence-electron chi connectivity index (χ4n) is 4.03. The van der Waals surface area contributed by atoms with Gasteiger partial charge in [0.25, 0.3) is 0 Å². The smallest absolute Gasteiger partial charge is 0.228 e. The van der Waals surface area contributed by atoms with Crippen LogP contribution in [0.15, 0.2) is 49.1 Å². The number of amides is 1. The molecule has 1 aliphatic rings. The van der Waals surface area contributed by atoms with E-state index in [1.54, 1.807) is 0 Å². The van der Waals surface area contributed by atoms with Crippen LogP contribution >= 0.6 is 11.6 Å². The largest absolute Gasteiger partial charge is 0.340 e. The van der Waals surface area contributed by atoms with Crippen molar-refractivity contribution >= 4 is 28.8 Å². The molecular weight excluding hydrogens is 400 g/mol. The molecule has 0 unspecified atom stereocenters. The number of carbonyl (C=O) groups is 1. The number of imidazole rings is 2. The second-order valence-corrected chi connectivity index (χ2v) is 8.27. The van der Waals surface area contributed by atoms with Gasteiger partial charge in [-0.25, -0.2) is 9.97 Å². The van der Waals surface area contributed by atoms with Crippen LogP contribution < -0.4 is 0 Å². The molecule has 0 bridgehead atoms. The standard InChI is InChI=1S/C22H23ClN6O/c1-16-3-2-6-28-14-18(25-22(16)28)11-21(30)27-9-7-26(8-10-27)13-19-15-29-12-17(23)4-5-20(29)24-19/h2-6,12,14-15H,7-11,13H2,1H3. The summed E-state index contributed by atoms with van der Waals surface area (Å²) in [6.07, 6.45) is 8.14. The lowest BCUT2D eigenvalue weighted by Crippen LogP contribution is -2.48.